The van der Waals surface area contributed by atoms with Crippen LogP contribution in [0.2, 0.25) is 0 Å². The molecule has 23 heavy (non-hydrogen) atoms. The second kappa shape index (κ2) is 5.96. The SMILES string of the molecule is Fc1ccc(-n2cc(CN[C@H]3CCCc4cn[nH]c43)cn2)cc1. The molecule has 1 aliphatic rings. The molecule has 118 valence electrons. The zero-order valence-corrected chi connectivity index (χ0v) is 12.7. The maximum absolute atomic E-state index is 13.0. The quantitative estimate of drug-likeness (QED) is 0.779. The van der Waals surface area contributed by atoms with Crippen LogP contribution in [-0.4, -0.2) is 20.0 Å². The second-order valence-corrected chi connectivity index (χ2v) is 5.90. The molecule has 0 unspecified atom stereocenters. The van der Waals surface area contributed by atoms with Gasteiger partial charge in [0.05, 0.1) is 23.8 Å². The lowest BCUT2D eigenvalue weighted by Crippen LogP contribution is -2.24. The fourth-order valence-electron chi connectivity index (χ4n) is 3.09. The molecule has 0 amide bonds. The molecule has 3 aromatic rings. The summed E-state index contributed by atoms with van der Waals surface area (Å²) in [6, 6.07) is 6.64. The molecule has 2 N–H and O–H groups in total. The van der Waals surface area contributed by atoms with Crippen molar-refractivity contribution < 1.29 is 4.39 Å². The molecule has 0 spiro atoms. The van der Waals surface area contributed by atoms with Crippen molar-refractivity contribution in [3.8, 4) is 5.69 Å². The molecular weight excluding hydrogens is 293 g/mol. The zero-order valence-electron chi connectivity index (χ0n) is 12.7. The maximum Gasteiger partial charge on any atom is 0.123 e. The molecule has 2 heterocycles. The largest absolute Gasteiger partial charge is 0.304 e. The summed E-state index contributed by atoms with van der Waals surface area (Å²) in [4.78, 5) is 0. The lowest BCUT2D eigenvalue weighted by molar-refractivity contribution is 0.450. The van der Waals surface area contributed by atoms with E-state index in [1.54, 1.807) is 16.8 Å². The molecule has 2 aromatic heterocycles. The van der Waals surface area contributed by atoms with Gasteiger partial charge in [-0.1, -0.05) is 0 Å². The summed E-state index contributed by atoms with van der Waals surface area (Å²) in [5.41, 5.74) is 4.48. The first-order valence-electron chi connectivity index (χ1n) is 7.84. The van der Waals surface area contributed by atoms with Crippen molar-refractivity contribution in [2.45, 2.75) is 31.8 Å². The van der Waals surface area contributed by atoms with E-state index in [4.69, 9.17) is 0 Å². The maximum atomic E-state index is 13.0. The van der Waals surface area contributed by atoms with Gasteiger partial charge in [-0.05, 0) is 49.1 Å². The normalized spacial score (nSPS) is 17.2. The predicted molar refractivity (Wildman–Crippen MR) is 84.6 cm³/mol. The average Bonchev–Trinajstić information content (AvgIpc) is 3.23. The summed E-state index contributed by atoms with van der Waals surface area (Å²) < 4.78 is 14.7. The molecule has 0 bridgehead atoms. The van der Waals surface area contributed by atoms with Crippen LogP contribution in [0.15, 0.2) is 42.9 Å². The topological polar surface area (TPSA) is 58.5 Å². The molecule has 0 radical (unpaired) electrons. The number of hydrogen-bond donors (Lipinski definition) is 2. The molecule has 0 saturated heterocycles. The van der Waals surface area contributed by atoms with Gasteiger partial charge in [-0.25, -0.2) is 9.07 Å². The molecule has 0 aliphatic heterocycles. The van der Waals surface area contributed by atoms with Crippen LogP contribution >= 0.6 is 0 Å². The minimum atomic E-state index is -0.240. The molecular formula is C17H18FN5. The number of H-pyrrole nitrogens is 1. The molecule has 1 atom stereocenters. The smallest absolute Gasteiger partial charge is 0.123 e. The number of hydrogen-bond acceptors (Lipinski definition) is 3. The summed E-state index contributed by atoms with van der Waals surface area (Å²) in [6.45, 7) is 0.740. The standard InChI is InChI=1S/C17H18FN5/c18-14-4-6-15(7-5-14)23-11-12(9-21-23)8-19-16-3-1-2-13-10-20-22-17(13)16/h4-7,9-11,16,19H,1-3,8H2,(H,20,22)/t16-/m0/s1. The number of nitrogens with one attached hydrogen (secondary N) is 2. The van der Waals surface area contributed by atoms with Gasteiger partial charge in [-0.15, -0.1) is 0 Å². The van der Waals surface area contributed by atoms with Crippen molar-refractivity contribution in [1.82, 2.24) is 25.3 Å². The summed E-state index contributed by atoms with van der Waals surface area (Å²) in [5.74, 6) is -0.240. The van der Waals surface area contributed by atoms with Crippen molar-refractivity contribution in [2.75, 3.05) is 0 Å². The number of halogens is 1. The highest BCUT2D eigenvalue weighted by atomic mass is 19.1. The highest BCUT2D eigenvalue weighted by molar-refractivity contribution is 5.31. The first-order chi connectivity index (χ1) is 11.3. The Morgan fingerprint density at radius 3 is 3.00 bits per heavy atom. The Hall–Kier alpha value is -2.47. The van der Waals surface area contributed by atoms with Crippen LogP contribution in [0.1, 0.15) is 35.7 Å². The number of aromatic amines is 1. The number of benzene rings is 1. The molecule has 5 nitrogen and oxygen atoms in total. The van der Waals surface area contributed by atoms with Crippen molar-refractivity contribution in [2.24, 2.45) is 0 Å². The fourth-order valence-corrected chi connectivity index (χ4v) is 3.09. The average molecular weight is 311 g/mol. The van der Waals surface area contributed by atoms with Crippen molar-refractivity contribution in [3.63, 3.8) is 0 Å². The highest BCUT2D eigenvalue weighted by Crippen LogP contribution is 2.27. The van der Waals surface area contributed by atoms with Gasteiger partial charge in [0.1, 0.15) is 5.82 Å². The Kier molecular flexibility index (Phi) is 3.67. The van der Waals surface area contributed by atoms with E-state index in [1.165, 1.54) is 29.8 Å². The number of aryl methyl sites for hydroxylation is 1. The van der Waals surface area contributed by atoms with E-state index in [-0.39, 0.29) is 5.82 Å². The van der Waals surface area contributed by atoms with Crippen molar-refractivity contribution >= 4 is 0 Å². The second-order valence-electron chi connectivity index (χ2n) is 5.90. The van der Waals surface area contributed by atoms with E-state index in [9.17, 15) is 4.39 Å². The van der Waals surface area contributed by atoms with E-state index < -0.39 is 0 Å². The highest BCUT2D eigenvalue weighted by Gasteiger charge is 2.21. The summed E-state index contributed by atoms with van der Waals surface area (Å²) in [7, 11) is 0. The van der Waals surface area contributed by atoms with Crippen LogP contribution in [0.25, 0.3) is 5.69 Å². The van der Waals surface area contributed by atoms with Gasteiger partial charge in [0.25, 0.3) is 0 Å². The lowest BCUT2D eigenvalue weighted by Gasteiger charge is -2.22. The zero-order chi connectivity index (χ0) is 15.6. The molecule has 0 fully saturated rings. The lowest BCUT2D eigenvalue weighted by atomic mass is 9.93. The van der Waals surface area contributed by atoms with E-state index in [0.717, 1.165) is 30.6 Å². The molecule has 4 rings (SSSR count). The van der Waals surface area contributed by atoms with E-state index in [0.29, 0.717) is 6.04 Å². The van der Waals surface area contributed by atoms with Crippen molar-refractivity contribution in [1.29, 1.82) is 0 Å². The van der Waals surface area contributed by atoms with E-state index in [1.807, 2.05) is 18.6 Å². The predicted octanol–water partition coefficient (Wildman–Crippen LogP) is 2.90. The van der Waals surface area contributed by atoms with Gasteiger partial charge in [-0.3, -0.25) is 5.10 Å². The Bertz CT molecular complexity index is 789. The first-order valence-corrected chi connectivity index (χ1v) is 7.84. The molecule has 1 aromatic carbocycles. The van der Waals surface area contributed by atoms with Gasteiger partial charge >= 0.3 is 0 Å². The number of nitrogens with zero attached hydrogens (tertiary/aromatic N) is 3. The van der Waals surface area contributed by atoms with Crippen LogP contribution < -0.4 is 5.32 Å². The van der Waals surface area contributed by atoms with Gasteiger partial charge in [0.2, 0.25) is 0 Å². The van der Waals surface area contributed by atoms with Gasteiger partial charge in [0.15, 0.2) is 0 Å². The van der Waals surface area contributed by atoms with Gasteiger partial charge in [-0.2, -0.15) is 10.2 Å². The third kappa shape index (κ3) is 2.90. The van der Waals surface area contributed by atoms with Gasteiger partial charge < -0.3 is 5.32 Å². The fraction of sp³-hybridized carbons (Fsp3) is 0.294. The summed E-state index contributed by atoms with van der Waals surface area (Å²) in [5, 5.41) is 15.2. The Morgan fingerprint density at radius 2 is 2.13 bits per heavy atom. The summed E-state index contributed by atoms with van der Waals surface area (Å²) >= 11 is 0. The van der Waals surface area contributed by atoms with Crippen LogP contribution in [0.3, 0.4) is 0 Å². The minimum absolute atomic E-state index is 0.240. The van der Waals surface area contributed by atoms with Crippen LogP contribution in [0.5, 0.6) is 0 Å². The van der Waals surface area contributed by atoms with E-state index in [2.05, 4.69) is 20.6 Å². The molecule has 1 aliphatic carbocycles. The number of rotatable bonds is 4. The molecule has 0 saturated carbocycles. The minimum Gasteiger partial charge on any atom is -0.304 e. The third-order valence-corrected chi connectivity index (χ3v) is 4.32. The van der Waals surface area contributed by atoms with E-state index >= 15 is 0 Å². The van der Waals surface area contributed by atoms with Gasteiger partial charge in [0, 0.05) is 24.3 Å². The Morgan fingerprint density at radius 1 is 1.26 bits per heavy atom. The van der Waals surface area contributed by atoms with Crippen LogP contribution in [-0.2, 0) is 13.0 Å². The Labute approximate surface area is 133 Å². The first kappa shape index (κ1) is 14.1. The Balaban J connectivity index is 1.44. The summed E-state index contributed by atoms with van der Waals surface area (Å²) in [6.07, 6.45) is 9.13. The van der Waals surface area contributed by atoms with Crippen LogP contribution in [0, 0.1) is 5.82 Å². The monoisotopic (exact) mass is 311 g/mol. The number of fused-ring (bicyclic) bond motifs is 1. The third-order valence-electron chi connectivity index (χ3n) is 4.32. The molecule has 6 heteroatoms. The van der Waals surface area contributed by atoms with Crippen LogP contribution in [0.4, 0.5) is 4.39 Å². The number of aromatic nitrogens is 4. The van der Waals surface area contributed by atoms with Crippen molar-refractivity contribution in [3.05, 3.63) is 65.5 Å².